The average Bonchev–Trinajstić information content (AvgIpc) is 2.72. The van der Waals surface area contributed by atoms with Gasteiger partial charge in [-0.2, -0.15) is 0 Å². The number of sulfonamides is 1. The number of hydrogen-bond acceptors (Lipinski definition) is 4. The second kappa shape index (κ2) is 9.53. The van der Waals surface area contributed by atoms with Crippen LogP contribution in [-0.4, -0.2) is 44.9 Å². The van der Waals surface area contributed by atoms with Crippen LogP contribution >= 0.6 is 0 Å². The van der Waals surface area contributed by atoms with Crippen molar-refractivity contribution in [2.45, 2.75) is 37.1 Å². The molecule has 1 heterocycles. The van der Waals surface area contributed by atoms with E-state index in [0.29, 0.717) is 11.6 Å². The highest BCUT2D eigenvalue weighted by Crippen LogP contribution is 2.19. The van der Waals surface area contributed by atoms with Crippen LogP contribution in [0.4, 0.5) is 14.5 Å². The number of carbonyl (C=O) groups excluding carboxylic acids is 1. The maximum atomic E-state index is 13.3. The highest BCUT2D eigenvalue weighted by atomic mass is 32.2. The van der Waals surface area contributed by atoms with Crippen molar-refractivity contribution in [3.63, 3.8) is 0 Å². The summed E-state index contributed by atoms with van der Waals surface area (Å²) in [6, 6.07) is 8.42. The van der Waals surface area contributed by atoms with Crippen LogP contribution in [0.25, 0.3) is 0 Å². The molecule has 0 atom stereocenters. The van der Waals surface area contributed by atoms with Gasteiger partial charge < -0.3 is 10.2 Å². The molecular formula is C21H25F2N3O3S. The molecule has 0 saturated carbocycles. The number of rotatable bonds is 7. The van der Waals surface area contributed by atoms with Gasteiger partial charge in [-0.3, -0.25) is 9.52 Å². The molecule has 2 N–H and O–H groups in total. The Morgan fingerprint density at radius 2 is 1.73 bits per heavy atom. The quantitative estimate of drug-likeness (QED) is 0.696. The van der Waals surface area contributed by atoms with E-state index in [9.17, 15) is 22.0 Å². The van der Waals surface area contributed by atoms with Gasteiger partial charge in [-0.1, -0.05) is 6.92 Å². The van der Waals surface area contributed by atoms with Gasteiger partial charge in [0.15, 0.2) is 11.6 Å². The van der Waals surface area contributed by atoms with Gasteiger partial charge in [0, 0.05) is 30.4 Å². The topological polar surface area (TPSA) is 78.5 Å². The summed E-state index contributed by atoms with van der Waals surface area (Å²) in [4.78, 5) is 14.5. The van der Waals surface area contributed by atoms with Gasteiger partial charge in [-0.05, 0) is 68.3 Å². The zero-order chi connectivity index (χ0) is 21.7. The molecule has 1 aliphatic rings. The number of likely N-dealkylation sites (tertiary alicyclic amines) is 1. The Bertz CT molecular complexity index is 989. The second-order valence-corrected chi connectivity index (χ2v) is 9.03. The molecule has 9 heteroatoms. The Morgan fingerprint density at radius 3 is 2.33 bits per heavy atom. The number of carbonyl (C=O) groups is 1. The van der Waals surface area contributed by atoms with Crippen molar-refractivity contribution >= 4 is 21.6 Å². The summed E-state index contributed by atoms with van der Waals surface area (Å²) in [7, 11) is -4.08. The van der Waals surface area contributed by atoms with Crippen molar-refractivity contribution in [1.29, 1.82) is 0 Å². The minimum absolute atomic E-state index is 0.122. The van der Waals surface area contributed by atoms with Gasteiger partial charge in [0.2, 0.25) is 0 Å². The van der Waals surface area contributed by atoms with Crippen LogP contribution in [0, 0.1) is 11.6 Å². The van der Waals surface area contributed by atoms with E-state index in [4.69, 9.17) is 0 Å². The number of anilines is 1. The molecule has 0 unspecified atom stereocenters. The maximum Gasteiger partial charge on any atom is 0.261 e. The Morgan fingerprint density at radius 1 is 1.07 bits per heavy atom. The van der Waals surface area contributed by atoms with Gasteiger partial charge >= 0.3 is 0 Å². The molecule has 162 valence electrons. The third-order valence-electron chi connectivity index (χ3n) is 5.06. The van der Waals surface area contributed by atoms with Crippen LogP contribution in [0.1, 0.15) is 36.5 Å². The van der Waals surface area contributed by atoms with E-state index < -0.39 is 26.6 Å². The maximum absolute atomic E-state index is 13.3. The number of halogens is 2. The van der Waals surface area contributed by atoms with Crippen molar-refractivity contribution < 1.29 is 22.0 Å². The van der Waals surface area contributed by atoms with Gasteiger partial charge in [-0.15, -0.1) is 0 Å². The fourth-order valence-corrected chi connectivity index (χ4v) is 4.50. The van der Waals surface area contributed by atoms with E-state index in [1.54, 1.807) is 0 Å². The number of hydrogen-bond donors (Lipinski definition) is 2. The van der Waals surface area contributed by atoms with E-state index in [-0.39, 0.29) is 17.6 Å². The summed E-state index contributed by atoms with van der Waals surface area (Å²) in [6.45, 7) is 5.14. The van der Waals surface area contributed by atoms with Crippen LogP contribution < -0.4 is 10.0 Å². The number of amides is 1. The first kappa shape index (κ1) is 22.2. The molecular weight excluding hydrogens is 412 g/mol. The molecule has 2 aromatic carbocycles. The fourth-order valence-electron chi connectivity index (χ4n) is 3.43. The lowest BCUT2D eigenvalue weighted by atomic mass is 10.0. The van der Waals surface area contributed by atoms with E-state index in [0.717, 1.165) is 51.0 Å². The fraction of sp³-hybridized carbons (Fsp3) is 0.381. The predicted octanol–water partition coefficient (Wildman–Crippen LogP) is 3.37. The normalized spacial score (nSPS) is 15.7. The lowest BCUT2D eigenvalue weighted by molar-refractivity contribution is 0.0911. The molecule has 0 aromatic heterocycles. The summed E-state index contributed by atoms with van der Waals surface area (Å²) in [5, 5.41) is 3.02. The zero-order valence-electron chi connectivity index (χ0n) is 16.7. The van der Waals surface area contributed by atoms with Crippen molar-refractivity contribution in [2.24, 2.45) is 0 Å². The molecule has 1 aliphatic heterocycles. The van der Waals surface area contributed by atoms with E-state index in [1.165, 1.54) is 24.3 Å². The third kappa shape index (κ3) is 5.54. The van der Waals surface area contributed by atoms with Gasteiger partial charge in [0.25, 0.3) is 15.9 Å². The van der Waals surface area contributed by atoms with Crippen LogP contribution in [0.5, 0.6) is 0 Å². The standard InChI is InChI=1S/C21H25F2N3O3S/c1-2-11-26-12-9-16(10-13-26)24-21(27)15-3-5-17(6-4-15)25-30(28,29)18-7-8-19(22)20(23)14-18/h3-8,14,16,25H,2,9-13H2,1H3,(H,24,27). The lowest BCUT2D eigenvalue weighted by Crippen LogP contribution is -2.44. The number of nitrogens with one attached hydrogen (secondary N) is 2. The molecule has 6 nitrogen and oxygen atoms in total. The predicted molar refractivity (Wildman–Crippen MR) is 111 cm³/mol. The molecule has 0 radical (unpaired) electrons. The number of piperidine rings is 1. The van der Waals surface area contributed by atoms with Crippen LogP contribution in [0.15, 0.2) is 47.4 Å². The molecule has 3 rings (SSSR count). The second-order valence-electron chi connectivity index (χ2n) is 7.35. The SMILES string of the molecule is CCCN1CCC(NC(=O)c2ccc(NS(=O)(=O)c3ccc(F)c(F)c3)cc2)CC1. The van der Waals surface area contributed by atoms with Gasteiger partial charge in [-0.25, -0.2) is 17.2 Å². The Kier molecular flexibility index (Phi) is 7.04. The molecule has 30 heavy (non-hydrogen) atoms. The highest BCUT2D eigenvalue weighted by Gasteiger charge is 2.21. The zero-order valence-corrected chi connectivity index (χ0v) is 17.5. The van der Waals surface area contributed by atoms with Crippen molar-refractivity contribution in [2.75, 3.05) is 24.4 Å². The summed E-state index contributed by atoms with van der Waals surface area (Å²) >= 11 is 0. The van der Waals surface area contributed by atoms with Crippen molar-refractivity contribution in [1.82, 2.24) is 10.2 Å². The molecule has 1 amide bonds. The number of benzene rings is 2. The number of nitrogens with zero attached hydrogens (tertiary/aromatic N) is 1. The Hall–Kier alpha value is -2.52. The Labute approximate surface area is 175 Å². The third-order valence-corrected chi connectivity index (χ3v) is 6.44. The average molecular weight is 438 g/mol. The van der Waals surface area contributed by atoms with Gasteiger partial charge in [0.1, 0.15) is 0 Å². The summed E-state index contributed by atoms with van der Waals surface area (Å²) in [5.74, 6) is -2.58. The van der Waals surface area contributed by atoms with E-state index in [2.05, 4.69) is 21.9 Å². The van der Waals surface area contributed by atoms with E-state index >= 15 is 0 Å². The lowest BCUT2D eigenvalue weighted by Gasteiger charge is -2.32. The van der Waals surface area contributed by atoms with Crippen LogP contribution in [0.2, 0.25) is 0 Å². The first-order valence-corrected chi connectivity index (χ1v) is 11.4. The summed E-state index contributed by atoms with van der Waals surface area (Å²) < 4.78 is 53.3. The summed E-state index contributed by atoms with van der Waals surface area (Å²) in [6.07, 6.45) is 2.92. The largest absolute Gasteiger partial charge is 0.349 e. The molecule has 0 bridgehead atoms. The van der Waals surface area contributed by atoms with Crippen molar-refractivity contribution in [3.8, 4) is 0 Å². The van der Waals surface area contributed by atoms with Crippen LogP contribution in [0.3, 0.4) is 0 Å². The van der Waals surface area contributed by atoms with Crippen molar-refractivity contribution in [3.05, 3.63) is 59.7 Å². The molecule has 2 aromatic rings. The first-order valence-electron chi connectivity index (χ1n) is 9.89. The minimum Gasteiger partial charge on any atom is -0.349 e. The first-order chi connectivity index (χ1) is 14.3. The highest BCUT2D eigenvalue weighted by molar-refractivity contribution is 7.92. The summed E-state index contributed by atoms with van der Waals surface area (Å²) in [5.41, 5.74) is 0.630. The molecule has 1 saturated heterocycles. The van der Waals surface area contributed by atoms with E-state index in [1.807, 2.05) is 0 Å². The monoisotopic (exact) mass is 437 g/mol. The minimum atomic E-state index is -4.08. The van der Waals surface area contributed by atoms with Crippen LogP contribution in [-0.2, 0) is 10.0 Å². The molecule has 0 spiro atoms. The van der Waals surface area contributed by atoms with Gasteiger partial charge in [0.05, 0.1) is 4.90 Å². The molecule has 0 aliphatic carbocycles. The Balaban J connectivity index is 1.59. The smallest absolute Gasteiger partial charge is 0.261 e. The molecule has 1 fully saturated rings.